The van der Waals surface area contributed by atoms with E-state index in [4.69, 9.17) is 0 Å². The molecule has 1 N–H and O–H groups in total. The number of carbonyl (C=O) groups is 1. The van der Waals surface area contributed by atoms with Crippen LogP contribution in [0.3, 0.4) is 0 Å². The van der Waals surface area contributed by atoms with Gasteiger partial charge in [0, 0.05) is 24.8 Å². The SMILES string of the molecule is Cc1cc(C)n(CCCNC(=O)CSc2nc3ccccc3c(=O)n2C2CC2)n1. The summed E-state index contributed by atoms with van der Waals surface area (Å²) in [6.07, 6.45) is 2.80. The van der Waals surface area contributed by atoms with Gasteiger partial charge in [-0.3, -0.25) is 18.8 Å². The topological polar surface area (TPSA) is 81.8 Å². The fourth-order valence-electron chi connectivity index (χ4n) is 3.42. The summed E-state index contributed by atoms with van der Waals surface area (Å²) in [5.74, 6) is 0.199. The second kappa shape index (κ2) is 8.41. The Balaban J connectivity index is 1.34. The lowest BCUT2D eigenvalue weighted by Crippen LogP contribution is -2.28. The van der Waals surface area contributed by atoms with Gasteiger partial charge in [-0.1, -0.05) is 23.9 Å². The van der Waals surface area contributed by atoms with E-state index in [1.807, 2.05) is 48.9 Å². The predicted octanol–water partition coefficient (Wildman–Crippen LogP) is 2.84. The Morgan fingerprint density at radius 1 is 1.28 bits per heavy atom. The number of aryl methyl sites for hydroxylation is 3. The number of hydrogen-bond donors (Lipinski definition) is 1. The predicted molar refractivity (Wildman–Crippen MR) is 114 cm³/mol. The number of thioether (sulfide) groups is 1. The number of para-hydroxylation sites is 1. The van der Waals surface area contributed by atoms with E-state index in [9.17, 15) is 9.59 Å². The minimum absolute atomic E-state index is 0.00843. The van der Waals surface area contributed by atoms with E-state index in [0.717, 1.165) is 37.2 Å². The molecule has 2 heterocycles. The Bertz CT molecular complexity index is 1100. The summed E-state index contributed by atoms with van der Waals surface area (Å²) < 4.78 is 3.73. The van der Waals surface area contributed by atoms with Gasteiger partial charge in [-0.2, -0.15) is 5.10 Å². The van der Waals surface area contributed by atoms with Gasteiger partial charge in [0.25, 0.3) is 5.56 Å². The van der Waals surface area contributed by atoms with E-state index < -0.39 is 0 Å². The van der Waals surface area contributed by atoms with E-state index in [1.165, 1.54) is 11.8 Å². The summed E-state index contributed by atoms with van der Waals surface area (Å²) in [5, 5.41) is 8.65. The molecule has 1 aliphatic carbocycles. The zero-order chi connectivity index (χ0) is 20.4. The number of benzene rings is 1. The quantitative estimate of drug-likeness (QED) is 0.350. The van der Waals surface area contributed by atoms with E-state index in [1.54, 1.807) is 4.57 Å². The van der Waals surface area contributed by atoms with E-state index in [2.05, 4.69) is 15.4 Å². The van der Waals surface area contributed by atoms with Crippen molar-refractivity contribution in [1.29, 1.82) is 0 Å². The molecule has 0 radical (unpaired) electrons. The lowest BCUT2D eigenvalue weighted by atomic mass is 10.2. The highest BCUT2D eigenvalue weighted by Gasteiger charge is 2.28. The number of nitrogens with zero attached hydrogens (tertiary/aromatic N) is 4. The minimum atomic E-state index is -0.0480. The number of rotatable bonds is 8. The number of amides is 1. The maximum absolute atomic E-state index is 12.9. The smallest absolute Gasteiger partial charge is 0.262 e. The van der Waals surface area contributed by atoms with Crippen LogP contribution in [0.5, 0.6) is 0 Å². The van der Waals surface area contributed by atoms with Crippen molar-refractivity contribution in [1.82, 2.24) is 24.6 Å². The maximum atomic E-state index is 12.9. The summed E-state index contributed by atoms with van der Waals surface area (Å²) in [7, 11) is 0. The molecule has 8 heteroatoms. The number of carbonyl (C=O) groups excluding carboxylic acids is 1. The third-order valence-corrected chi connectivity index (χ3v) is 5.94. The molecule has 7 nitrogen and oxygen atoms in total. The lowest BCUT2D eigenvalue weighted by molar-refractivity contribution is -0.118. The van der Waals surface area contributed by atoms with Crippen molar-refractivity contribution in [3.05, 3.63) is 52.1 Å². The first-order valence-electron chi connectivity index (χ1n) is 9.95. The Labute approximate surface area is 173 Å². The highest BCUT2D eigenvalue weighted by Crippen LogP contribution is 2.36. The van der Waals surface area contributed by atoms with Crippen molar-refractivity contribution in [2.45, 2.75) is 50.9 Å². The first-order chi connectivity index (χ1) is 14.0. The van der Waals surface area contributed by atoms with E-state index in [0.29, 0.717) is 22.6 Å². The second-order valence-corrected chi connectivity index (χ2v) is 8.40. The lowest BCUT2D eigenvalue weighted by Gasteiger charge is -2.12. The van der Waals surface area contributed by atoms with Crippen LogP contribution in [0.15, 0.2) is 40.3 Å². The molecule has 152 valence electrons. The molecule has 1 aromatic carbocycles. The summed E-state index contributed by atoms with van der Waals surface area (Å²) in [5.41, 5.74) is 2.81. The van der Waals surface area contributed by atoms with Crippen LogP contribution in [-0.4, -0.2) is 37.5 Å². The molecular weight excluding hydrogens is 386 g/mol. The molecule has 0 atom stereocenters. The molecule has 0 aliphatic heterocycles. The van der Waals surface area contributed by atoms with Crippen LogP contribution in [-0.2, 0) is 11.3 Å². The largest absolute Gasteiger partial charge is 0.355 e. The number of hydrogen-bond acceptors (Lipinski definition) is 5. The summed E-state index contributed by atoms with van der Waals surface area (Å²) in [4.78, 5) is 29.8. The van der Waals surface area contributed by atoms with Crippen LogP contribution >= 0.6 is 11.8 Å². The Hall–Kier alpha value is -2.61. The maximum Gasteiger partial charge on any atom is 0.262 e. The molecule has 0 saturated heterocycles. The van der Waals surface area contributed by atoms with E-state index in [-0.39, 0.29) is 23.3 Å². The Morgan fingerprint density at radius 2 is 2.07 bits per heavy atom. The highest BCUT2D eigenvalue weighted by atomic mass is 32.2. The van der Waals surface area contributed by atoms with Gasteiger partial charge in [0.2, 0.25) is 5.91 Å². The van der Waals surface area contributed by atoms with Crippen LogP contribution in [0.4, 0.5) is 0 Å². The average molecular weight is 412 g/mol. The van der Waals surface area contributed by atoms with Crippen LogP contribution in [0.1, 0.15) is 36.7 Å². The molecule has 2 aromatic heterocycles. The molecule has 0 spiro atoms. The zero-order valence-corrected chi connectivity index (χ0v) is 17.5. The zero-order valence-electron chi connectivity index (χ0n) is 16.7. The van der Waals surface area contributed by atoms with Crippen LogP contribution < -0.4 is 10.9 Å². The standard InChI is InChI=1S/C21H25N5O2S/c1-14-12-15(2)25(24-14)11-5-10-22-19(27)13-29-21-23-18-7-4-3-6-17(18)20(28)26(21)16-8-9-16/h3-4,6-7,12,16H,5,8-11,13H2,1-2H3,(H,22,27). The first-order valence-corrected chi connectivity index (χ1v) is 10.9. The number of nitrogens with one attached hydrogen (secondary N) is 1. The Morgan fingerprint density at radius 3 is 2.79 bits per heavy atom. The van der Waals surface area contributed by atoms with Crippen molar-refractivity contribution < 1.29 is 4.79 Å². The highest BCUT2D eigenvalue weighted by molar-refractivity contribution is 7.99. The van der Waals surface area contributed by atoms with Crippen molar-refractivity contribution in [2.75, 3.05) is 12.3 Å². The van der Waals surface area contributed by atoms with Gasteiger partial charge < -0.3 is 5.32 Å². The van der Waals surface area contributed by atoms with Crippen molar-refractivity contribution >= 4 is 28.6 Å². The fourth-order valence-corrected chi connectivity index (χ4v) is 4.32. The van der Waals surface area contributed by atoms with Crippen molar-refractivity contribution in [3.63, 3.8) is 0 Å². The summed E-state index contributed by atoms with van der Waals surface area (Å²) >= 11 is 1.33. The van der Waals surface area contributed by atoms with Crippen molar-refractivity contribution in [3.8, 4) is 0 Å². The van der Waals surface area contributed by atoms with Gasteiger partial charge in [-0.25, -0.2) is 4.98 Å². The summed E-state index contributed by atoms with van der Waals surface area (Å²) in [6.45, 7) is 5.38. The van der Waals surface area contributed by atoms with Crippen LogP contribution in [0.2, 0.25) is 0 Å². The third kappa shape index (κ3) is 4.53. The molecule has 1 saturated carbocycles. The average Bonchev–Trinajstić information content (AvgIpc) is 3.48. The Kier molecular flexibility index (Phi) is 5.71. The third-order valence-electron chi connectivity index (χ3n) is 4.99. The molecule has 1 fully saturated rings. The molecule has 1 amide bonds. The number of fused-ring (bicyclic) bond motifs is 1. The van der Waals surface area contributed by atoms with Gasteiger partial charge in [0.05, 0.1) is 22.3 Å². The molecule has 29 heavy (non-hydrogen) atoms. The molecule has 4 rings (SSSR count). The summed E-state index contributed by atoms with van der Waals surface area (Å²) in [6, 6.07) is 9.65. The molecular formula is C21H25N5O2S. The van der Waals surface area contributed by atoms with Crippen LogP contribution in [0, 0.1) is 13.8 Å². The second-order valence-electron chi connectivity index (χ2n) is 7.46. The van der Waals surface area contributed by atoms with Gasteiger partial charge in [0.1, 0.15) is 0 Å². The minimum Gasteiger partial charge on any atom is -0.355 e. The van der Waals surface area contributed by atoms with Gasteiger partial charge >= 0.3 is 0 Å². The fraction of sp³-hybridized carbons (Fsp3) is 0.429. The molecule has 1 aliphatic rings. The van der Waals surface area contributed by atoms with Gasteiger partial charge in [0.15, 0.2) is 5.16 Å². The molecule has 0 bridgehead atoms. The van der Waals surface area contributed by atoms with Gasteiger partial charge in [-0.05, 0) is 51.3 Å². The van der Waals surface area contributed by atoms with E-state index >= 15 is 0 Å². The van der Waals surface area contributed by atoms with Crippen molar-refractivity contribution in [2.24, 2.45) is 0 Å². The normalized spacial score (nSPS) is 13.7. The molecule has 0 unspecified atom stereocenters. The first kappa shape index (κ1) is 19.7. The number of aromatic nitrogens is 4. The van der Waals surface area contributed by atoms with Crippen LogP contribution in [0.25, 0.3) is 10.9 Å². The van der Waals surface area contributed by atoms with Gasteiger partial charge in [-0.15, -0.1) is 0 Å². The molecule has 3 aromatic rings. The monoisotopic (exact) mass is 411 g/mol.